The number of amides is 1. The molecule has 0 spiro atoms. The van der Waals surface area contributed by atoms with Crippen LogP contribution >= 0.6 is 0 Å². The molecule has 1 amide bonds. The molecular weight excluding hydrogens is 320 g/mol. The Kier molecular flexibility index (Phi) is 4.52. The molecule has 0 bridgehead atoms. The summed E-state index contributed by atoms with van der Waals surface area (Å²) in [6.45, 7) is 8.29. The highest BCUT2D eigenvalue weighted by atomic mass is 16.5. The Hall–Kier alpha value is -2.77. The van der Waals surface area contributed by atoms with E-state index >= 15 is 0 Å². The molecule has 0 saturated carbocycles. The van der Waals surface area contributed by atoms with E-state index < -0.39 is 0 Å². The maximum absolute atomic E-state index is 12.7. The summed E-state index contributed by atoms with van der Waals surface area (Å²) in [4.78, 5) is 23.0. The number of nitrogens with zero attached hydrogens (tertiary/aromatic N) is 6. The van der Waals surface area contributed by atoms with Crippen LogP contribution in [0.3, 0.4) is 0 Å². The minimum Gasteiger partial charge on any atom is -0.340 e. The van der Waals surface area contributed by atoms with E-state index in [0.717, 1.165) is 11.4 Å². The lowest BCUT2D eigenvalue weighted by atomic mass is 10.2. The van der Waals surface area contributed by atoms with Crippen molar-refractivity contribution in [2.75, 3.05) is 13.6 Å². The van der Waals surface area contributed by atoms with E-state index in [2.05, 4.69) is 20.2 Å². The number of hydrogen-bond acceptors (Lipinski definition) is 6. The summed E-state index contributed by atoms with van der Waals surface area (Å²) in [5.41, 5.74) is 2.82. The maximum atomic E-state index is 12.7. The van der Waals surface area contributed by atoms with Crippen LogP contribution in [-0.2, 0) is 6.42 Å². The van der Waals surface area contributed by atoms with Crippen molar-refractivity contribution in [2.24, 2.45) is 0 Å². The molecule has 0 aliphatic heterocycles. The predicted molar refractivity (Wildman–Crippen MR) is 91.5 cm³/mol. The van der Waals surface area contributed by atoms with Gasteiger partial charge in [-0.1, -0.05) is 19.0 Å². The topological polar surface area (TPSA) is 89.4 Å². The van der Waals surface area contributed by atoms with Gasteiger partial charge in [0.05, 0.1) is 5.69 Å². The van der Waals surface area contributed by atoms with Crippen molar-refractivity contribution in [3.05, 3.63) is 40.9 Å². The molecule has 0 aromatic carbocycles. The fourth-order valence-corrected chi connectivity index (χ4v) is 2.52. The summed E-state index contributed by atoms with van der Waals surface area (Å²) in [5, 5.41) is 8.30. The van der Waals surface area contributed by atoms with Crippen LogP contribution in [0.5, 0.6) is 0 Å². The molecule has 8 nitrogen and oxygen atoms in total. The number of likely N-dealkylation sites (N-methyl/N-ethyl adjacent to an activating group) is 1. The summed E-state index contributed by atoms with van der Waals surface area (Å²) in [7, 11) is 1.74. The van der Waals surface area contributed by atoms with E-state index in [4.69, 9.17) is 4.52 Å². The third-order valence-electron chi connectivity index (χ3n) is 3.94. The van der Waals surface area contributed by atoms with Gasteiger partial charge in [-0.2, -0.15) is 10.1 Å². The molecule has 0 N–H and O–H groups in total. The van der Waals surface area contributed by atoms with Gasteiger partial charge in [-0.25, -0.2) is 9.50 Å². The van der Waals surface area contributed by atoms with Gasteiger partial charge in [-0.05, 0) is 19.9 Å². The molecule has 3 rings (SSSR count). The number of carbonyl (C=O) groups excluding carboxylic acids is 1. The van der Waals surface area contributed by atoms with Crippen molar-refractivity contribution in [3.63, 3.8) is 0 Å². The van der Waals surface area contributed by atoms with E-state index in [0.29, 0.717) is 36.0 Å². The minimum atomic E-state index is -0.142. The van der Waals surface area contributed by atoms with Crippen LogP contribution in [0.2, 0.25) is 0 Å². The Morgan fingerprint density at radius 1 is 1.28 bits per heavy atom. The van der Waals surface area contributed by atoms with Crippen LogP contribution in [0.25, 0.3) is 5.65 Å². The first-order chi connectivity index (χ1) is 11.8. The first-order valence-corrected chi connectivity index (χ1v) is 8.27. The lowest BCUT2D eigenvalue weighted by molar-refractivity contribution is 0.0790. The summed E-state index contributed by atoms with van der Waals surface area (Å²) in [5.74, 6) is 1.27. The zero-order valence-corrected chi connectivity index (χ0v) is 15.1. The van der Waals surface area contributed by atoms with Gasteiger partial charge in [-0.15, -0.1) is 0 Å². The Bertz CT molecular complexity index is 911. The molecule has 0 atom stereocenters. The Labute approximate surface area is 145 Å². The molecule has 3 aromatic rings. The fourth-order valence-electron chi connectivity index (χ4n) is 2.52. The van der Waals surface area contributed by atoms with E-state index in [1.54, 1.807) is 22.5 Å². The molecular formula is C17H22N6O2. The van der Waals surface area contributed by atoms with Crippen LogP contribution in [-0.4, -0.2) is 49.1 Å². The fraction of sp³-hybridized carbons (Fsp3) is 0.471. The van der Waals surface area contributed by atoms with Crippen LogP contribution in [0.1, 0.15) is 53.4 Å². The Morgan fingerprint density at radius 3 is 2.72 bits per heavy atom. The molecule has 0 aliphatic rings. The molecule has 8 heteroatoms. The third-order valence-corrected chi connectivity index (χ3v) is 3.94. The highest BCUT2D eigenvalue weighted by molar-refractivity contribution is 5.92. The molecule has 0 fully saturated rings. The van der Waals surface area contributed by atoms with E-state index in [1.807, 2.05) is 33.8 Å². The molecule has 0 radical (unpaired) electrons. The van der Waals surface area contributed by atoms with Crippen LogP contribution < -0.4 is 0 Å². The van der Waals surface area contributed by atoms with Crippen molar-refractivity contribution < 1.29 is 9.32 Å². The van der Waals surface area contributed by atoms with Crippen molar-refractivity contribution in [1.82, 2.24) is 29.6 Å². The number of aryl methyl sites for hydroxylation is 2. The zero-order chi connectivity index (χ0) is 18.1. The summed E-state index contributed by atoms with van der Waals surface area (Å²) >= 11 is 0. The van der Waals surface area contributed by atoms with Gasteiger partial charge in [0.1, 0.15) is 5.69 Å². The first kappa shape index (κ1) is 17.1. The second-order valence-corrected chi connectivity index (χ2v) is 6.52. The molecule has 132 valence electrons. The maximum Gasteiger partial charge on any atom is 0.272 e. The van der Waals surface area contributed by atoms with E-state index in [-0.39, 0.29) is 11.8 Å². The Morgan fingerprint density at radius 2 is 2.04 bits per heavy atom. The summed E-state index contributed by atoms with van der Waals surface area (Å²) < 4.78 is 6.92. The van der Waals surface area contributed by atoms with Crippen molar-refractivity contribution in [1.29, 1.82) is 0 Å². The smallest absolute Gasteiger partial charge is 0.272 e. The number of rotatable bonds is 5. The Balaban J connectivity index is 1.71. The van der Waals surface area contributed by atoms with Gasteiger partial charge < -0.3 is 9.42 Å². The van der Waals surface area contributed by atoms with E-state index in [9.17, 15) is 4.79 Å². The van der Waals surface area contributed by atoms with Crippen LogP contribution in [0.4, 0.5) is 0 Å². The quantitative estimate of drug-likeness (QED) is 0.706. The normalized spacial score (nSPS) is 11.4. The van der Waals surface area contributed by atoms with Crippen molar-refractivity contribution in [3.8, 4) is 0 Å². The number of hydrogen-bond donors (Lipinski definition) is 0. The highest BCUT2D eigenvalue weighted by Crippen LogP contribution is 2.12. The molecule has 3 aromatic heterocycles. The second kappa shape index (κ2) is 6.62. The average molecular weight is 342 g/mol. The van der Waals surface area contributed by atoms with Gasteiger partial charge in [0, 0.05) is 37.7 Å². The van der Waals surface area contributed by atoms with Crippen LogP contribution in [0.15, 0.2) is 16.7 Å². The monoisotopic (exact) mass is 342 g/mol. The second-order valence-electron chi connectivity index (χ2n) is 6.52. The van der Waals surface area contributed by atoms with Gasteiger partial charge in [0.15, 0.2) is 11.5 Å². The van der Waals surface area contributed by atoms with Gasteiger partial charge in [-0.3, -0.25) is 4.79 Å². The van der Waals surface area contributed by atoms with Crippen LogP contribution in [0, 0.1) is 13.8 Å². The van der Waals surface area contributed by atoms with Crippen molar-refractivity contribution in [2.45, 2.75) is 40.0 Å². The minimum absolute atomic E-state index is 0.142. The SMILES string of the molecule is Cc1cc2nc(C(=O)N(C)CCc3noc(C(C)C)n3)cc(C)n2n1. The third kappa shape index (κ3) is 3.52. The van der Waals surface area contributed by atoms with Crippen molar-refractivity contribution >= 4 is 11.6 Å². The largest absolute Gasteiger partial charge is 0.340 e. The van der Waals surface area contributed by atoms with Gasteiger partial charge in [0.25, 0.3) is 5.91 Å². The first-order valence-electron chi connectivity index (χ1n) is 8.27. The van der Waals surface area contributed by atoms with Gasteiger partial charge in [0.2, 0.25) is 5.89 Å². The standard InChI is InChI=1S/C17H22N6O2/c1-10(2)16-19-14(21-25-16)6-7-22(5)17(24)13-9-12(4)23-15(18-13)8-11(3)20-23/h8-10H,6-7H2,1-5H3. The van der Waals surface area contributed by atoms with E-state index in [1.165, 1.54) is 0 Å². The zero-order valence-electron chi connectivity index (χ0n) is 15.1. The number of aromatic nitrogens is 5. The summed E-state index contributed by atoms with van der Waals surface area (Å²) in [6, 6.07) is 3.61. The summed E-state index contributed by atoms with van der Waals surface area (Å²) in [6.07, 6.45) is 0.533. The average Bonchev–Trinajstić information content (AvgIpc) is 3.18. The van der Waals surface area contributed by atoms with Gasteiger partial charge >= 0.3 is 0 Å². The number of carbonyl (C=O) groups is 1. The highest BCUT2D eigenvalue weighted by Gasteiger charge is 2.17. The molecule has 0 saturated heterocycles. The number of fused-ring (bicyclic) bond motifs is 1. The lowest BCUT2D eigenvalue weighted by Crippen LogP contribution is -2.30. The lowest BCUT2D eigenvalue weighted by Gasteiger charge is -2.16. The molecule has 3 heterocycles. The molecule has 0 unspecified atom stereocenters. The predicted octanol–water partition coefficient (Wildman–Crippen LogP) is 2.17. The molecule has 0 aliphatic carbocycles. The molecule has 25 heavy (non-hydrogen) atoms.